The van der Waals surface area contributed by atoms with Gasteiger partial charge in [-0.15, -0.1) is 11.3 Å². The van der Waals surface area contributed by atoms with Crippen molar-refractivity contribution in [2.24, 2.45) is 5.73 Å². The summed E-state index contributed by atoms with van der Waals surface area (Å²) < 4.78 is 5.82. The summed E-state index contributed by atoms with van der Waals surface area (Å²) in [5, 5.41) is 3.26. The van der Waals surface area contributed by atoms with Gasteiger partial charge in [0.2, 0.25) is 0 Å². The van der Waals surface area contributed by atoms with E-state index in [-0.39, 0.29) is 0 Å². The van der Waals surface area contributed by atoms with Crippen LogP contribution >= 0.6 is 11.3 Å². The average molecular weight is 347 g/mol. The summed E-state index contributed by atoms with van der Waals surface area (Å²) in [6.07, 6.45) is 3.03. The molecule has 4 heteroatoms. The molecule has 3 nitrogen and oxygen atoms in total. The van der Waals surface area contributed by atoms with Crippen LogP contribution in [0.3, 0.4) is 0 Å². The van der Waals surface area contributed by atoms with Gasteiger partial charge in [-0.1, -0.05) is 27.7 Å². The molecule has 0 saturated heterocycles. The Morgan fingerprint density at radius 2 is 1.71 bits per heavy atom. The smallest absolute Gasteiger partial charge is 0.125 e. The molecule has 0 aliphatic heterocycles. The third-order valence-electron chi connectivity index (χ3n) is 4.84. The summed E-state index contributed by atoms with van der Waals surface area (Å²) >= 11 is 1.70. The minimum atomic E-state index is 0.463. The molecule has 2 rings (SSSR count). The number of ether oxygens (including phenoxy) is 1. The number of nitrogens with two attached hydrogens (primary N) is 1. The van der Waals surface area contributed by atoms with Crippen molar-refractivity contribution in [1.29, 1.82) is 0 Å². The van der Waals surface area contributed by atoms with Crippen molar-refractivity contribution in [2.45, 2.75) is 58.8 Å². The molecule has 1 aromatic heterocycles. The molecule has 0 fully saturated rings. The molecule has 0 saturated carbocycles. The summed E-state index contributed by atoms with van der Waals surface area (Å²) in [5.41, 5.74) is 10.5. The van der Waals surface area contributed by atoms with Crippen LogP contribution in [0.5, 0.6) is 5.75 Å². The summed E-state index contributed by atoms with van der Waals surface area (Å²) in [6, 6.07) is 4.53. The highest BCUT2D eigenvalue weighted by atomic mass is 32.1. The van der Waals surface area contributed by atoms with Gasteiger partial charge >= 0.3 is 0 Å². The first-order valence-corrected chi connectivity index (χ1v) is 9.80. The number of hydrogen-bond acceptors (Lipinski definition) is 4. The van der Waals surface area contributed by atoms with Gasteiger partial charge in [-0.3, -0.25) is 0 Å². The Kier molecular flexibility index (Phi) is 6.81. The van der Waals surface area contributed by atoms with Crippen LogP contribution in [-0.4, -0.2) is 18.6 Å². The highest BCUT2D eigenvalue weighted by Gasteiger charge is 2.20. The van der Waals surface area contributed by atoms with Gasteiger partial charge in [0.1, 0.15) is 5.75 Å². The lowest BCUT2D eigenvalue weighted by Crippen LogP contribution is -2.04. The molecule has 2 unspecified atom stereocenters. The van der Waals surface area contributed by atoms with Gasteiger partial charge in [0, 0.05) is 17.4 Å². The topological polar surface area (TPSA) is 48.1 Å². The van der Waals surface area contributed by atoms with Crippen molar-refractivity contribution >= 4 is 11.3 Å². The molecule has 2 N–H and O–H groups in total. The molecule has 0 aliphatic carbocycles. The first-order valence-electron chi connectivity index (χ1n) is 8.92. The lowest BCUT2D eigenvalue weighted by atomic mass is 9.87. The van der Waals surface area contributed by atoms with Crippen molar-refractivity contribution in [3.05, 3.63) is 33.6 Å². The standard InChI is InChI=1S/C20H30N2OS/c1-6-13(3)16-10-15(18-12-24-19(22-18)8-9-21)11-17(14(4)7-2)20(16)23-5/h10-14H,6-9,21H2,1-5H3. The van der Waals surface area contributed by atoms with Crippen LogP contribution in [0.15, 0.2) is 17.5 Å². The van der Waals surface area contributed by atoms with E-state index in [1.807, 2.05) is 0 Å². The minimum Gasteiger partial charge on any atom is -0.496 e. The normalized spacial score (nSPS) is 13.8. The Morgan fingerprint density at radius 3 is 2.17 bits per heavy atom. The van der Waals surface area contributed by atoms with Gasteiger partial charge in [-0.2, -0.15) is 0 Å². The number of methoxy groups -OCH3 is 1. The quantitative estimate of drug-likeness (QED) is 0.701. The second kappa shape index (κ2) is 8.63. The van der Waals surface area contributed by atoms with Crippen LogP contribution in [-0.2, 0) is 6.42 Å². The summed E-state index contributed by atoms with van der Waals surface area (Å²) in [5.74, 6) is 1.98. The highest BCUT2D eigenvalue weighted by molar-refractivity contribution is 7.09. The van der Waals surface area contributed by atoms with Crippen molar-refractivity contribution in [3.63, 3.8) is 0 Å². The zero-order valence-electron chi connectivity index (χ0n) is 15.6. The zero-order valence-corrected chi connectivity index (χ0v) is 16.4. The van der Waals surface area contributed by atoms with Crippen molar-refractivity contribution in [3.8, 4) is 17.0 Å². The van der Waals surface area contributed by atoms with E-state index in [0.29, 0.717) is 18.4 Å². The number of benzene rings is 1. The maximum absolute atomic E-state index is 5.82. The van der Waals surface area contributed by atoms with Crippen molar-refractivity contribution < 1.29 is 4.74 Å². The first kappa shape index (κ1) is 18.9. The maximum atomic E-state index is 5.82. The second-order valence-corrected chi connectivity index (χ2v) is 7.41. The number of hydrogen-bond donors (Lipinski definition) is 1. The fourth-order valence-electron chi connectivity index (χ4n) is 2.91. The van der Waals surface area contributed by atoms with Gasteiger partial charge in [-0.05, 0) is 54.5 Å². The third kappa shape index (κ3) is 3.98. The molecule has 0 bridgehead atoms. The fraction of sp³-hybridized carbons (Fsp3) is 0.550. The van der Waals surface area contributed by atoms with Crippen LogP contribution in [0, 0.1) is 0 Å². The first-order chi connectivity index (χ1) is 11.5. The lowest BCUT2D eigenvalue weighted by Gasteiger charge is -2.22. The molecule has 24 heavy (non-hydrogen) atoms. The van der Waals surface area contributed by atoms with Crippen molar-refractivity contribution in [1.82, 2.24) is 4.98 Å². The van der Waals surface area contributed by atoms with Crippen molar-refractivity contribution in [2.75, 3.05) is 13.7 Å². The Labute approximate surface area is 150 Å². The number of aromatic nitrogens is 1. The van der Waals surface area contributed by atoms with E-state index in [0.717, 1.165) is 35.7 Å². The number of rotatable bonds is 8. The Hall–Kier alpha value is -1.39. The SMILES string of the molecule is CCC(C)c1cc(-c2csc(CCN)n2)cc(C(C)CC)c1OC. The number of thiazole rings is 1. The molecule has 1 aromatic carbocycles. The molecular weight excluding hydrogens is 316 g/mol. The van der Waals surface area contributed by atoms with Gasteiger partial charge in [0.25, 0.3) is 0 Å². The fourth-order valence-corrected chi connectivity index (χ4v) is 3.73. The van der Waals surface area contributed by atoms with E-state index in [4.69, 9.17) is 15.5 Å². The monoisotopic (exact) mass is 346 g/mol. The Balaban J connectivity index is 2.58. The molecule has 1 heterocycles. The van der Waals surface area contributed by atoms with E-state index in [1.165, 1.54) is 16.7 Å². The average Bonchev–Trinajstić information content (AvgIpc) is 3.08. The molecule has 2 atom stereocenters. The van der Waals surface area contributed by atoms with Crippen LogP contribution < -0.4 is 10.5 Å². The van der Waals surface area contributed by atoms with Gasteiger partial charge < -0.3 is 10.5 Å². The third-order valence-corrected chi connectivity index (χ3v) is 5.75. The predicted octanol–water partition coefficient (Wildman–Crippen LogP) is 5.35. The lowest BCUT2D eigenvalue weighted by molar-refractivity contribution is 0.397. The summed E-state index contributed by atoms with van der Waals surface area (Å²) in [7, 11) is 1.79. The van der Waals surface area contributed by atoms with E-state index < -0.39 is 0 Å². The molecule has 0 radical (unpaired) electrons. The van der Waals surface area contributed by atoms with E-state index >= 15 is 0 Å². The van der Waals surface area contributed by atoms with E-state index in [1.54, 1.807) is 18.4 Å². The predicted molar refractivity (Wildman–Crippen MR) is 104 cm³/mol. The molecule has 2 aromatic rings. The van der Waals surface area contributed by atoms with E-state index in [2.05, 4.69) is 45.2 Å². The summed E-state index contributed by atoms with van der Waals surface area (Å²) in [4.78, 5) is 4.78. The maximum Gasteiger partial charge on any atom is 0.125 e. The van der Waals surface area contributed by atoms with Gasteiger partial charge in [0.05, 0.1) is 17.8 Å². The van der Waals surface area contributed by atoms with Crippen LogP contribution in [0.2, 0.25) is 0 Å². The molecular formula is C20H30N2OS. The molecule has 132 valence electrons. The Bertz CT molecular complexity index is 634. The minimum absolute atomic E-state index is 0.463. The highest BCUT2D eigenvalue weighted by Crippen LogP contribution is 2.40. The van der Waals surface area contributed by atoms with Crippen LogP contribution in [0.1, 0.15) is 68.5 Å². The largest absolute Gasteiger partial charge is 0.496 e. The Morgan fingerprint density at radius 1 is 1.12 bits per heavy atom. The molecule has 0 amide bonds. The van der Waals surface area contributed by atoms with Gasteiger partial charge in [-0.25, -0.2) is 4.98 Å². The zero-order chi connectivity index (χ0) is 17.7. The second-order valence-electron chi connectivity index (χ2n) is 6.47. The summed E-state index contributed by atoms with van der Waals surface area (Å²) in [6.45, 7) is 9.63. The van der Waals surface area contributed by atoms with Gasteiger partial charge in [0.15, 0.2) is 0 Å². The van der Waals surface area contributed by atoms with Crippen LogP contribution in [0.4, 0.5) is 0 Å². The van der Waals surface area contributed by atoms with E-state index in [9.17, 15) is 0 Å². The molecule has 0 spiro atoms. The molecule has 0 aliphatic rings. The van der Waals surface area contributed by atoms with Crippen LogP contribution in [0.25, 0.3) is 11.3 Å². The number of nitrogens with zero attached hydrogens (tertiary/aromatic N) is 1.